The molecular formula is C16H23NO4. The number of carbonyl (C=O) groups is 2. The molecule has 0 aliphatic heterocycles. The lowest BCUT2D eigenvalue weighted by Gasteiger charge is -2.31. The van der Waals surface area contributed by atoms with E-state index >= 15 is 0 Å². The Balaban J connectivity index is 3.07. The molecule has 21 heavy (non-hydrogen) atoms. The Labute approximate surface area is 125 Å². The Morgan fingerprint density at radius 3 is 2.05 bits per heavy atom. The third kappa shape index (κ3) is 5.10. The summed E-state index contributed by atoms with van der Waals surface area (Å²) in [6, 6.07) is 8.92. The number of benzene rings is 1. The van der Waals surface area contributed by atoms with Crippen molar-refractivity contribution in [2.45, 2.75) is 40.2 Å². The standard InChI is InChI=1S/C16H23NO4/c1-15(2,3)21-14(20)17(11-16(4,5)13(18)19)12-9-7-6-8-10-12/h6-10H,11H2,1-5H3,(H,18,19). The molecule has 0 saturated heterocycles. The molecule has 0 atom stereocenters. The highest BCUT2D eigenvalue weighted by atomic mass is 16.6. The van der Waals surface area contributed by atoms with Gasteiger partial charge in [0.25, 0.3) is 0 Å². The molecular weight excluding hydrogens is 270 g/mol. The molecule has 0 aliphatic rings. The minimum absolute atomic E-state index is 0.0290. The summed E-state index contributed by atoms with van der Waals surface area (Å²) in [5.74, 6) is -0.966. The number of carboxylic acid groups (broad SMARTS) is 1. The molecule has 0 radical (unpaired) electrons. The van der Waals surface area contributed by atoms with E-state index in [1.165, 1.54) is 4.90 Å². The van der Waals surface area contributed by atoms with E-state index < -0.39 is 23.1 Å². The Kier molecular flexibility index (Phi) is 4.99. The lowest BCUT2D eigenvalue weighted by atomic mass is 9.93. The number of nitrogens with zero attached hydrogens (tertiary/aromatic N) is 1. The molecule has 0 spiro atoms. The third-order valence-corrected chi connectivity index (χ3v) is 2.81. The first-order valence-corrected chi connectivity index (χ1v) is 6.82. The molecule has 0 unspecified atom stereocenters. The molecule has 116 valence electrons. The number of carboxylic acids is 1. The van der Waals surface area contributed by atoms with Crippen molar-refractivity contribution >= 4 is 17.7 Å². The van der Waals surface area contributed by atoms with Crippen LogP contribution in [-0.4, -0.2) is 29.3 Å². The zero-order valence-electron chi connectivity index (χ0n) is 13.2. The summed E-state index contributed by atoms with van der Waals surface area (Å²) in [6.45, 7) is 8.51. The topological polar surface area (TPSA) is 66.8 Å². The van der Waals surface area contributed by atoms with Crippen LogP contribution in [0.4, 0.5) is 10.5 Å². The number of hydrogen-bond acceptors (Lipinski definition) is 3. The fourth-order valence-corrected chi connectivity index (χ4v) is 1.65. The lowest BCUT2D eigenvalue weighted by Crippen LogP contribution is -2.44. The van der Waals surface area contributed by atoms with Gasteiger partial charge in [0, 0.05) is 12.2 Å². The first-order valence-electron chi connectivity index (χ1n) is 6.82. The molecule has 0 saturated carbocycles. The number of ether oxygens (including phenoxy) is 1. The van der Waals surface area contributed by atoms with E-state index in [4.69, 9.17) is 4.74 Å². The van der Waals surface area contributed by atoms with Crippen LogP contribution in [0.1, 0.15) is 34.6 Å². The molecule has 0 bridgehead atoms. The quantitative estimate of drug-likeness (QED) is 0.922. The van der Waals surface area contributed by atoms with Crippen molar-refractivity contribution in [1.82, 2.24) is 0 Å². The Hall–Kier alpha value is -2.04. The van der Waals surface area contributed by atoms with Gasteiger partial charge in [-0.05, 0) is 46.8 Å². The highest BCUT2D eigenvalue weighted by molar-refractivity contribution is 5.89. The van der Waals surface area contributed by atoms with Gasteiger partial charge in [0.1, 0.15) is 5.60 Å². The zero-order valence-corrected chi connectivity index (χ0v) is 13.2. The molecule has 0 aliphatic carbocycles. The van der Waals surface area contributed by atoms with E-state index in [2.05, 4.69) is 0 Å². The van der Waals surface area contributed by atoms with E-state index in [1.54, 1.807) is 58.9 Å². The van der Waals surface area contributed by atoms with Crippen LogP contribution in [0, 0.1) is 5.41 Å². The fourth-order valence-electron chi connectivity index (χ4n) is 1.65. The molecule has 0 aromatic heterocycles. The van der Waals surface area contributed by atoms with Gasteiger partial charge in [0.05, 0.1) is 5.41 Å². The average molecular weight is 293 g/mol. The number of hydrogen-bond donors (Lipinski definition) is 1. The van der Waals surface area contributed by atoms with E-state index in [9.17, 15) is 14.7 Å². The van der Waals surface area contributed by atoms with Crippen LogP contribution in [0.2, 0.25) is 0 Å². The summed E-state index contributed by atoms with van der Waals surface area (Å²) in [5, 5.41) is 9.27. The molecule has 1 aromatic carbocycles. The van der Waals surface area contributed by atoms with E-state index in [0.29, 0.717) is 5.69 Å². The van der Waals surface area contributed by atoms with Gasteiger partial charge < -0.3 is 9.84 Å². The maximum absolute atomic E-state index is 12.4. The molecule has 5 heteroatoms. The number of rotatable bonds is 4. The summed E-state index contributed by atoms with van der Waals surface area (Å²) < 4.78 is 5.37. The molecule has 1 aromatic rings. The van der Waals surface area contributed by atoms with Gasteiger partial charge in [-0.2, -0.15) is 0 Å². The highest BCUT2D eigenvalue weighted by Crippen LogP contribution is 2.24. The van der Waals surface area contributed by atoms with Gasteiger partial charge >= 0.3 is 12.1 Å². The largest absolute Gasteiger partial charge is 0.481 e. The summed E-state index contributed by atoms with van der Waals surface area (Å²) in [5.41, 5.74) is -1.11. The monoisotopic (exact) mass is 293 g/mol. The Morgan fingerprint density at radius 2 is 1.62 bits per heavy atom. The predicted octanol–water partition coefficient (Wildman–Crippen LogP) is 3.54. The summed E-state index contributed by atoms with van der Waals surface area (Å²) in [6.07, 6.45) is -0.553. The summed E-state index contributed by atoms with van der Waals surface area (Å²) in [4.78, 5) is 25.0. The number of aliphatic carboxylic acids is 1. The van der Waals surface area contributed by atoms with E-state index in [1.807, 2.05) is 6.07 Å². The number of carbonyl (C=O) groups excluding carboxylic acids is 1. The fraction of sp³-hybridized carbons (Fsp3) is 0.500. The van der Waals surface area contributed by atoms with Crippen molar-refractivity contribution in [2.24, 2.45) is 5.41 Å². The van der Waals surface area contributed by atoms with E-state index in [0.717, 1.165) is 0 Å². The van der Waals surface area contributed by atoms with Gasteiger partial charge in [-0.3, -0.25) is 9.69 Å². The zero-order chi connectivity index (χ0) is 16.3. The second-order valence-electron chi connectivity index (χ2n) is 6.59. The van der Waals surface area contributed by atoms with Gasteiger partial charge in [0.15, 0.2) is 0 Å². The number of anilines is 1. The average Bonchev–Trinajstić information content (AvgIpc) is 2.34. The normalized spacial score (nSPS) is 11.9. The lowest BCUT2D eigenvalue weighted by molar-refractivity contribution is -0.146. The minimum atomic E-state index is -1.08. The number of para-hydroxylation sites is 1. The second kappa shape index (κ2) is 6.16. The van der Waals surface area contributed by atoms with Crippen LogP contribution in [0.25, 0.3) is 0 Å². The molecule has 0 fully saturated rings. The maximum atomic E-state index is 12.4. The molecule has 1 N–H and O–H groups in total. The summed E-state index contributed by atoms with van der Waals surface area (Å²) in [7, 11) is 0. The molecule has 0 heterocycles. The van der Waals surface area contributed by atoms with Crippen LogP contribution in [0.3, 0.4) is 0 Å². The van der Waals surface area contributed by atoms with Gasteiger partial charge in [-0.1, -0.05) is 18.2 Å². The van der Waals surface area contributed by atoms with Gasteiger partial charge in [-0.15, -0.1) is 0 Å². The van der Waals surface area contributed by atoms with Crippen molar-refractivity contribution in [2.75, 3.05) is 11.4 Å². The third-order valence-electron chi connectivity index (χ3n) is 2.81. The smallest absolute Gasteiger partial charge is 0.414 e. The Bertz CT molecular complexity index is 503. The second-order valence-corrected chi connectivity index (χ2v) is 6.59. The van der Waals surface area contributed by atoms with Crippen molar-refractivity contribution in [1.29, 1.82) is 0 Å². The first-order chi connectivity index (χ1) is 9.53. The van der Waals surface area contributed by atoms with Crippen molar-refractivity contribution < 1.29 is 19.4 Å². The van der Waals surface area contributed by atoms with Crippen LogP contribution < -0.4 is 4.90 Å². The van der Waals surface area contributed by atoms with Crippen LogP contribution >= 0.6 is 0 Å². The van der Waals surface area contributed by atoms with Crippen LogP contribution in [-0.2, 0) is 9.53 Å². The number of amides is 1. The maximum Gasteiger partial charge on any atom is 0.414 e. The molecule has 1 amide bonds. The van der Waals surface area contributed by atoms with E-state index in [-0.39, 0.29) is 6.54 Å². The predicted molar refractivity (Wildman–Crippen MR) is 81.4 cm³/mol. The van der Waals surface area contributed by atoms with Crippen molar-refractivity contribution in [3.63, 3.8) is 0 Å². The van der Waals surface area contributed by atoms with Gasteiger partial charge in [-0.25, -0.2) is 4.79 Å². The van der Waals surface area contributed by atoms with Crippen LogP contribution in [0.5, 0.6) is 0 Å². The van der Waals surface area contributed by atoms with Gasteiger partial charge in [0.2, 0.25) is 0 Å². The SMILES string of the molecule is CC(C)(C)OC(=O)N(CC(C)(C)C(=O)O)c1ccccc1. The summed E-state index contributed by atoms with van der Waals surface area (Å²) >= 11 is 0. The molecule has 5 nitrogen and oxygen atoms in total. The van der Waals surface area contributed by atoms with Crippen molar-refractivity contribution in [3.05, 3.63) is 30.3 Å². The molecule has 1 rings (SSSR count). The van der Waals surface area contributed by atoms with Crippen LogP contribution in [0.15, 0.2) is 30.3 Å². The Morgan fingerprint density at radius 1 is 1.10 bits per heavy atom. The first kappa shape index (κ1) is 17.0. The minimum Gasteiger partial charge on any atom is -0.481 e. The highest BCUT2D eigenvalue weighted by Gasteiger charge is 2.34. The van der Waals surface area contributed by atoms with Crippen molar-refractivity contribution in [3.8, 4) is 0 Å².